The Morgan fingerprint density at radius 3 is 2.62 bits per heavy atom. The van der Waals surface area contributed by atoms with Crippen molar-refractivity contribution in [1.29, 1.82) is 0 Å². The first kappa shape index (κ1) is 19.7. The molecule has 3 aliphatic rings. The molecule has 1 unspecified atom stereocenters. The second-order valence-corrected chi connectivity index (χ2v) is 9.44. The number of aromatic nitrogens is 1. The van der Waals surface area contributed by atoms with Crippen molar-refractivity contribution in [2.75, 3.05) is 31.8 Å². The quantitative estimate of drug-likeness (QED) is 0.443. The number of ether oxygens (including phenoxy) is 4. The van der Waals surface area contributed by atoms with Crippen molar-refractivity contribution < 1.29 is 23.7 Å². The molecule has 1 aromatic heterocycles. The molecule has 3 aliphatic heterocycles. The Morgan fingerprint density at radius 1 is 1.03 bits per heavy atom. The highest BCUT2D eigenvalue weighted by atomic mass is 32.1. The molecule has 0 radical (unpaired) electrons. The number of nitrogens with zero attached hydrogens (tertiary/aromatic N) is 2. The van der Waals surface area contributed by atoms with Crippen molar-refractivity contribution in [3.8, 4) is 23.0 Å². The van der Waals surface area contributed by atoms with Crippen molar-refractivity contribution in [3.63, 3.8) is 0 Å². The first-order chi connectivity index (χ1) is 16.7. The molecular formula is C26H20N2O5S. The Bertz CT molecular complexity index is 1460. The molecule has 0 fully saturated rings. The molecular weight excluding hydrogens is 452 g/mol. The predicted molar refractivity (Wildman–Crippen MR) is 128 cm³/mol. The number of anilines is 1. The summed E-state index contributed by atoms with van der Waals surface area (Å²) in [7, 11) is 1.64. The van der Waals surface area contributed by atoms with Gasteiger partial charge in [0.05, 0.1) is 35.1 Å². The molecule has 3 aromatic carbocycles. The summed E-state index contributed by atoms with van der Waals surface area (Å²) in [6, 6.07) is 15.6. The van der Waals surface area contributed by atoms with E-state index in [1.54, 1.807) is 18.4 Å². The molecule has 8 heteroatoms. The van der Waals surface area contributed by atoms with E-state index in [1.165, 1.54) is 0 Å². The standard InChI is InChI=1S/C26H20N2O5S/c1-30-16-4-2-15(3-5-16)12-28-19-7-6-18-24(34-14-27-18)23(19)26(25(28)29)13-33-20-11-22-21(10-17(20)26)31-8-9-32-22/h2-7,10-11,14H,8-9,12-13H2,1H3. The Balaban J connectivity index is 1.42. The first-order valence-electron chi connectivity index (χ1n) is 11.1. The lowest BCUT2D eigenvalue weighted by Gasteiger charge is -2.25. The van der Waals surface area contributed by atoms with Gasteiger partial charge in [-0.05, 0) is 35.9 Å². The van der Waals surface area contributed by atoms with E-state index < -0.39 is 5.41 Å². The van der Waals surface area contributed by atoms with Gasteiger partial charge < -0.3 is 23.8 Å². The number of hydrogen-bond acceptors (Lipinski definition) is 7. The molecule has 170 valence electrons. The van der Waals surface area contributed by atoms with E-state index in [1.807, 2.05) is 58.9 Å². The van der Waals surface area contributed by atoms with E-state index in [0.717, 1.165) is 38.3 Å². The van der Waals surface area contributed by atoms with E-state index >= 15 is 0 Å². The van der Waals surface area contributed by atoms with Gasteiger partial charge in [0.15, 0.2) is 11.5 Å². The Morgan fingerprint density at radius 2 is 1.82 bits per heavy atom. The molecule has 1 spiro atoms. The summed E-state index contributed by atoms with van der Waals surface area (Å²) in [6.07, 6.45) is 0. The van der Waals surface area contributed by atoms with E-state index in [4.69, 9.17) is 18.9 Å². The van der Waals surface area contributed by atoms with Crippen LogP contribution in [0.4, 0.5) is 5.69 Å². The molecule has 4 heterocycles. The summed E-state index contributed by atoms with van der Waals surface area (Å²) < 4.78 is 24.1. The maximum atomic E-state index is 14.3. The van der Waals surface area contributed by atoms with Gasteiger partial charge in [0.2, 0.25) is 5.91 Å². The lowest BCUT2D eigenvalue weighted by Crippen LogP contribution is -2.42. The number of rotatable bonds is 3. The average Bonchev–Trinajstić information content (AvgIpc) is 3.56. The third-order valence-electron chi connectivity index (χ3n) is 6.85. The predicted octanol–water partition coefficient (Wildman–Crippen LogP) is 4.30. The maximum absolute atomic E-state index is 14.3. The molecule has 0 N–H and O–H groups in total. The summed E-state index contributed by atoms with van der Waals surface area (Å²) in [5.74, 6) is 2.74. The molecule has 7 rings (SSSR count). The highest BCUT2D eigenvalue weighted by molar-refractivity contribution is 7.17. The highest BCUT2D eigenvalue weighted by Crippen LogP contribution is 2.57. The van der Waals surface area contributed by atoms with Gasteiger partial charge in [0.1, 0.15) is 36.7 Å². The largest absolute Gasteiger partial charge is 0.497 e. The van der Waals surface area contributed by atoms with Gasteiger partial charge in [-0.25, -0.2) is 4.98 Å². The van der Waals surface area contributed by atoms with Crippen LogP contribution in [0.15, 0.2) is 54.0 Å². The van der Waals surface area contributed by atoms with Gasteiger partial charge in [0, 0.05) is 17.2 Å². The number of carbonyl (C=O) groups excluding carboxylic acids is 1. The first-order valence-corrected chi connectivity index (χ1v) is 12.0. The van der Waals surface area contributed by atoms with Crippen LogP contribution < -0.4 is 23.8 Å². The number of hydrogen-bond donors (Lipinski definition) is 0. The van der Waals surface area contributed by atoms with Crippen molar-refractivity contribution in [1.82, 2.24) is 4.98 Å². The number of amides is 1. The minimum Gasteiger partial charge on any atom is -0.497 e. The number of benzene rings is 3. The van der Waals surface area contributed by atoms with Gasteiger partial charge in [-0.15, -0.1) is 11.3 Å². The zero-order chi connectivity index (χ0) is 22.9. The van der Waals surface area contributed by atoms with Gasteiger partial charge in [0.25, 0.3) is 0 Å². The van der Waals surface area contributed by atoms with Crippen LogP contribution in [0.3, 0.4) is 0 Å². The number of fused-ring (bicyclic) bond motifs is 7. The summed E-state index contributed by atoms with van der Waals surface area (Å²) in [4.78, 5) is 20.7. The zero-order valence-electron chi connectivity index (χ0n) is 18.4. The van der Waals surface area contributed by atoms with Crippen molar-refractivity contribution in [3.05, 3.63) is 70.7 Å². The van der Waals surface area contributed by atoms with Gasteiger partial charge in [-0.3, -0.25) is 4.79 Å². The molecule has 34 heavy (non-hydrogen) atoms. The molecule has 7 nitrogen and oxygen atoms in total. The summed E-state index contributed by atoms with van der Waals surface area (Å²) in [5.41, 5.74) is 5.44. The summed E-state index contributed by atoms with van der Waals surface area (Å²) >= 11 is 1.55. The SMILES string of the molecule is COc1ccc(CN2C(=O)C3(COc4cc5c(cc43)OCCO5)c3c2ccc2ncsc32)cc1. The van der Waals surface area contributed by atoms with E-state index in [-0.39, 0.29) is 12.5 Å². The van der Waals surface area contributed by atoms with Crippen LogP contribution in [0.25, 0.3) is 10.2 Å². The molecule has 0 saturated heterocycles. The Hall–Kier alpha value is -3.78. The number of carbonyl (C=O) groups is 1. The average molecular weight is 473 g/mol. The fraction of sp³-hybridized carbons (Fsp3) is 0.231. The third kappa shape index (κ3) is 2.57. The van der Waals surface area contributed by atoms with Crippen molar-refractivity contribution >= 4 is 33.1 Å². The molecule has 4 aromatic rings. The molecule has 1 atom stereocenters. The van der Waals surface area contributed by atoms with Crippen LogP contribution in [0, 0.1) is 0 Å². The van der Waals surface area contributed by atoms with E-state index in [2.05, 4.69) is 4.98 Å². The van der Waals surface area contributed by atoms with Crippen LogP contribution in [-0.2, 0) is 16.8 Å². The lowest BCUT2D eigenvalue weighted by atomic mass is 9.77. The minimum atomic E-state index is -0.959. The fourth-order valence-electron chi connectivity index (χ4n) is 5.24. The molecule has 0 aliphatic carbocycles. The topological polar surface area (TPSA) is 70.1 Å². The second kappa shape index (κ2) is 7.11. The van der Waals surface area contributed by atoms with Gasteiger partial charge in [-0.2, -0.15) is 0 Å². The second-order valence-electron chi connectivity index (χ2n) is 8.59. The lowest BCUT2D eigenvalue weighted by molar-refractivity contribution is -0.122. The van der Waals surface area contributed by atoms with Crippen LogP contribution in [-0.4, -0.2) is 37.8 Å². The molecule has 0 bridgehead atoms. The van der Waals surface area contributed by atoms with Crippen LogP contribution in [0.5, 0.6) is 23.0 Å². The maximum Gasteiger partial charge on any atom is 0.246 e. The van der Waals surface area contributed by atoms with E-state index in [0.29, 0.717) is 37.0 Å². The normalized spacial score (nSPS) is 19.9. The van der Waals surface area contributed by atoms with Crippen LogP contribution in [0.1, 0.15) is 16.7 Å². The van der Waals surface area contributed by atoms with Gasteiger partial charge >= 0.3 is 0 Å². The molecule has 1 amide bonds. The zero-order valence-corrected chi connectivity index (χ0v) is 19.2. The van der Waals surface area contributed by atoms with Crippen LogP contribution >= 0.6 is 11.3 Å². The number of methoxy groups -OCH3 is 1. The molecule has 0 saturated carbocycles. The minimum absolute atomic E-state index is 0.00496. The third-order valence-corrected chi connectivity index (χ3v) is 7.71. The summed E-state index contributed by atoms with van der Waals surface area (Å²) in [5, 5.41) is 0. The fourth-order valence-corrected chi connectivity index (χ4v) is 6.15. The van der Waals surface area contributed by atoms with Crippen LogP contribution in [0.2, 0.25) is 0 Å². The van der Waals surface area contributed by atoms with E-state index in [9.17, 15) is 4.79 Å². The van der Waals surface area contributed by atoms with Gasteiger partial charge in [-0.1, -0.05) is 12.1 Å². The van der Waals surface area contributed by atoms with Crippen molar-refractivity contribution in [2.45, 2.75) is 12.0 Å². The van der Waals surface area contributed by atoms with Crippen molar-refractivity contribution in [2.24, 2.45) is 0 Å². The summed E-state index contributed by atoms with van der Waals surface area (Å²) in [6.45, 7) is 1.65. The Labute approximate surface area is 199 Å². The highest BCUT2D eigenvalue weighted by Gasteiger charge is 2.58. The number of thiazole rings is 1. The smallest absolute Gasteiger partial charge is 0.246 e. The Kier molecular flexibility index (Phi) is 4.11. The monoisotopic (exact) mass is 472 g/mol.